The third kappa shape index (κ3) is 4.08. The molecule has 0 saturated carbocycles. The lowest BCUT2D eigenvalue weighted by atomic mass is 10.1. The van der Waals surface area contributed by atoms with Crippen LogP contribution in [0, 0.1) is 0 Å². The number of carbonyl (C=O) groups is 1. The number of nitrogens with zero attached hydrogens (tertiary/aromatic N) is 1. The molecule has 1 amide bonds. The van der Waals surface area contributed by atoms with Crippen LogP contribution in [0.1, 0.15) is 16.5 Å². The fraction of sp³-hybridized carbons (Fsp3) is 0.350. The number of thioether (sulfide) groups is 1. The number of ether oxygens (including phenoxy) is 4. The van der Waals surface area contributed by atoms with E-state index in [1.807, 2.05) is 41.3 Å². The number of benzene rings is 2. The Kier molecular flexibility index (Phi) is 6.01. The van der Waals surface area contributed by atoms with Gasteiger partial charge in [0, 0.05) is 24.2 Å². The summed E-state index contributed by atoms with van der Waals surface area (Å²) in [7, 11) is 6.46. The summed E-state index contributed by atoms with van der Waals surface area (Å²) in [6.07, 6.45) is 0. The average Bonchev–Trinajstić information content (AvgIpc) is 3.07. The maximum Gasteiger partial charge on any atom is 0.234 e. The van der Waals surface area contributed by atoms with Crippen LogP contribution in [0.4, 0.5) is 0 Å². The topological polar surface area (TPSA) is 57.2 Å². The minimum atomic E-state index is -0.129. The molecule has 1 fully saturated rings. The van der Waals surface area contributed by atoms with Gasteiger partial charge in [0.05, 0.1) is 34.2 Å². The summed E-state index contributed by atoms with van der Waals surface area (Å²) in [5.74, 6) is 3.33. The summed E-state index contributed by atoms with van der Waals surface area (Å²) in [6, 6.07) is 11.3. The maximum absolute atomic E-state index is 12.6. The van der Waals surface area contributed by atoms with Crippen LogP contribution in [0.3, 0.4) is 0 Å². The summed E-state index contributed by atoms with van der Waals surface area (Å²) < 4.78 is 21.5. The Labute approximate surface area is 163 Å². The lowest BCUT2D eigenvalue weighted by Crippen LogP contribution is -2.28. The molecule has 1 unspecified atom stereocenters. The van der Waals surface area contributed by atoms with Crippen LogP contribution in [-0.2, 0) is 11.3 Å². The Morgan fingerprint density at radius 2 is 1.59 bits per heavy atom. The highest BCUT2D eigenvalue weighted by atomic mass is 32.2. The third-order valence-corrected chi connectivity index (χ3v) is 5.68. The highest BCUT2D eigenvalue weighted by Crippen LogP contribution is 2.44. The number of hydrogen-bond acceptors (Lipinski definition) is 6. The van der Waals surface area contributed by atoms with Crippen LogP contribution >= 0.6 is 11.8 Å². The Morgan fingerprint density at radius 3 is 2.19 bits per heavy atom. The van der Waals surface area contributed by atoms with Gasteiger partial charge in [-0.15, -0.1) is 11.8 Å². The minimum Gasteiger partial charge on any atom is -0.497 e. The summed E-state index contributed by atoms with van der Waals surface area (Å²) >= 11 is 1.59. The monoisotopic (exact) mass is 389 g/mol. The van der Waals surface area contributed by atoms with E-state index in [1.54, 1.807) is 40.2 Å². The maximum atomic E-state index is 12.6. The molecule has 27 heavy (non-hydrogen) atoms. The number of methoxy groups -OCH3 is 4. The first-order valence-corrected chi connectivity index (χ1v) is 9.49. The van der Waals surface area contributed by atoms with Gasteiger partial charge < -0.3 is 23.8 Å². The van der Waals surface area contributed by atoms with E-state index in [1.165, 1.54) is 0 Å². The van der Waals surface area contributed by atoms with E-state index >= 15 is 0 Å². The van der Waals surface area contributed by atoms with Crippen molar-refractivity contribution in [2.75, 3.05) is 34.2 Å². The molecule has 0 aromatic heterocycles. The minimum absolute atomic E-state index is 0.0876. The van der Waals surface area contributed by atoms with Crippen LogP contribution < -0.4 is 18.9 Å². The SMILES string of the molecule is COc1cc(CN2C(=O)CSC2c2ccc(OC)cc2OC)cc(OC)c1. The fourth-order valence-electron chi connectivity index (χ4n) is 3.06. The van der Waals surface area contributed by atoms with Gasteiger partial charge in [0.2, 0.25) is 5.91 Å². The van der Waals surface area contributed by atoms with Crippen LogP contribution in [0.2, 0.25) is 0 Å². The van der Waals surface area contributed by atoms with Crippen molar-refractivity contribution in [3.63, 3.8) is 0 Å². The van der Waals surface area contributed by atoms with E-state index in [2.05, 4.69) is 0 Å². The molecule has 1 heterocycles. The van der Waals surface area contributed by atoms with Crippen molar-refractivity contribution in [1.82, 2.24) is 4.90 Å². The van der Waals surface area contributed by atoms with Gasteiger partial charge in [0.15, 0.2) is 0 Å². The van der Waals surface area contributed by atoms with Gasteiger partial charge in [0.25, 0.3) is 0 Å². The third-order valence-electron chi connectivity index (χ3n) is 4.44. The molecule has 2 aromatic carbocycles. The van der Waals surface area contributed by atoms with Crippen molar-refractivity contribution in [1.29, 1.82) is 0 Å². The lowest BCUT2D eigenvalue weighted by Gasteiger charge is -2.26. The van der Waals surface area contributed by atoms with Crippen LogP contribution in [0.5, 0.6) is 23.0 Å². The molecule has 1 aliphatic heterocycles. The quantitative estimate of drug-likeness (QED) is 0.723. The molecule has 144 valence electrons. The van der Waals surface area contributed by atoms with Crippen molar-refractivity contribution >= 4 is 17.7 Å². The van der Waals surface area contributed by atoms with Crippen LogP contribution in [-0.4, -0.2) is 45.0 Å². The van der Waals surface area contributed by atoms with E-state index in [-0.39, 0.29) is 11.3 Å². The molecule has 2 aromatic rings. The Hall–Kier alpha value is -2.54. The molecule has 1 atom stereocenters. The van der Waals surface area contributed by atoms with E-state index in [0.29, 0.717) is 35.3 Å². The molecule has 0 aliphatic carbocycles. The number of amides is 1. The molecular formula is C20H23NO5S. The van der Waals surface area contributed by atoms with Crippen molar-refractivity contribution < 1.29 is 23.7 Å². The second-order valence-corrected chi connectivity index (χ2v) is 7.08. The zero-order valence-corrected chi connectivity index (χ0v) is 16.7. The Morgan fingerprint density at radius 1 is 0.926 bits per heavy atom. The largest absolute Gasteiger partial charge is 0.497 e. The zero-order valence-electron chi connectivity index (χ0n) is 15.9. The predicted octanol–water partition coefficient (Wildman–Crippen LogP) is 3.50. The van der Waals surface area contributed by atoms with Crippen molar-refractivity contribution in [3.8, 4) is 23.0 Å². The summed E-state index contributed by atoms with van der Waals surface area (Å²) in [5.41, 5.74) is 1.89. The van der Waals surface area contributed by atoms with Gasteiger partial charge in [0.1, 0.15) is 28.4 Å². The fourth-order valence-corrected chi connectivity index (χ4v) is 4.27. The zero-order chi connectivity index (χ0) is 19.4. The van der Waals surface area contributed by atoms with Gasteiger partial charge in [-0.25, -0.2) is 0 Å². The Bertz CT molecular complexity index is 804. The molecular weight excluding hydrogens is 366 g/mol. The molecule has 3 rings (SSSR count). The second kappa shape index (κ2) is 8.43. The molecule has 1 aliphatic rings. The van der Waals surface area contributed by atoms with Gasteiger partial charge in [-0.05, 0) is 29.8 Å². The first-order valence-electron chi connectivity index (χ1n) is 8.44. The normalized spacial score (nSPS) is 16.4. The number of carbonyl (C=O) groups excluding carboxylic acids is 1. The first-order chi connectivity index (χ1) is 13.1. The van der Waals surface area contributed by atoms with E-state index < -0.39 is 0 Å². The highest BCUT2D eigenvalue weighted by molar-refractivity contribution is 8.00. The Balaban J connectivity index is 1.92. The van der Waals surface area contributed by atoms with Gasteiger partial charge in [-0.3, -0.25) is 4.79 Å². The molecule has 7 heteroatoms. The summed E-state index contributed by atoms with van der Waals surface area (Å²) in [6.45, 7) is 0.458. The molecule has 0 bridgehead atoms. The van der Waals surface area contributed by atoms with Gasteiger partial charge in [-0.1, -0.05) is 0 Å². The van der Waals surface area contributed by atoms with E-state index in [4.69, 9.17) is 18.9 Å². The molecule has 6 nitrogen and oxygen atoms in total. The molecule has 0 N–H and O–H groups in total. The number of hydrogen-bond donors (Lipinski definition) is 0. The highest BCUT2D eigenvalue weighted by Gasteiger charge is 2.34. The van der Waals surface area contributed by atoms with E-state index in [9.17, 15) is 4.79 Å². The van der Waals surface area contributed by atoms with Crippen LogP contribution in [0.25, 0.3) is 0 Å². The van der Waals surface area contributed by atoms with Crippen molar-refractivity contribution in [2.24, 2.45) is 0 Å². The average molecular weight is 389 g/mol. The molecule has 0 radical (unpaired) electrons. The second-order valence-electron chi connectivity index (χ2n) is 6.01. The standard InChI is InChI=1S/C20H23NO5S/c1-23-14-5-6-17(18(10-14)26-4)20-21(19(22)12-27-20)11-13-7-15(24-2)9-16(8-13)25-3/h5-10,20H,11-12H2,1-4H3. The van der Waals surface area contributed by atoms with Gasteiger partial charge in [-0.2, -0.15) is 0 Å². The molecule has 0 spiro atoms. The van der Waals surface area contributed by atoms with Crippen molar-refractivity contribution in [2.45, 2.75) is 11.9 Å². The first kappa shape index (κ1) is 19.2. The summed E-state index contributed by atoms with van der Waals surface area (Å²) in [4.78, 5) is 14.4. The van der Waals surface area contributed by atoms with Crippen LogP contribution in [0.15, 0.2) is 36.4 Å². The lowest BCUT2D eigenvalue weighted by molar-refractivity contribution is -0.128. The summed E-state index contributed by atoms with van der Waals surface area (Å²) in [5, 5.41) is -0.129. The number of rotatable bonds is 7. The van der Waals surface area contributed by atoms with Crippen molar-refractivity contribution in [3.05, 3.63) is 47.5 Å². The van der Waals surface area contributed by atoms with Gasteiger partial charge >= 0.3 is 0 Å². The smallest absolute Gasteiger partial charge is 0.234 e. The van der Waals surface area contributed by atoms with E-state index in [0.717, 1.165) is 11.1 Å². The predicted molar refractivity (Wildman–Crippen MR) is 105 cm³/mol. The molecule has 1 saturated heterocycles.